The highest BCUT2D eigenvalue weighted by Crippen LogP contribution is 2.64. The molecule has 0 unspecified atom stereocenters. The van der Waals surface area contributed by atoms with Gasteiger partial charge in [0.1, 0.15) is 6.10 Å². The number of hydrogen-bond acceptors (Lipinski definition) is 4. The van der Waals surface area contributed by atoms with Crippen LogP contribution in [-0.4, -0.2) is 23.8 Å². The zero-order chi connectivity index (χ0) is 20.8. The van der Waals surface area contributed by atoms with Gasteiger partial charge in [-0.2, -0.15) is 0 Å². The molecule has 1 heterocycles. The predicted molar refractivity (Wildman–Crippen MR) is 118 cm³/mol. The van der Waals surface area contributed by atoms with E-state index in [1.165, 1.54) is 31.1 Å². The molecule has 7 atom stereocenters. The highest BCUT2D eigenvalue weighted by Gasteiger charge is 2.55. The average Bonchev–Trinajstić information content (AvgIpc) is 3.30. The highest BCUT2D eigenvalue weighted by atomic mass is 32.1. The van der Waals surface area contributed by atoms with E-state index in [4.69, 9.17) is 4.74 Å². The molecule has 2 fully saturated rings. The summed E-state index contributed by atoms with van der Waals surface area (Å²) in [6.45, 7) is 9.05. The van der Waals surface area contributed by atoms with Gasteiger partial charge in [-0.3, -0.25) is 4.79 Å². The molecular formula is C25H36O3S. The van der Waals surface area contributed by atoms with E-state index in [9.17, 15) is 9.90 Å². The Labute approximate surface area is 179 Å². The lowest BCUT2D eigenvalue weighted by Crippen LogP contribution is -2.50. The second-order valence-electron chi connectivity index (χ2n) is 10.3. The molecule has 4 rings (SSSR count). The molecule has 0 aliphatic heterocycles. The molecule has 3 nitrogen and oxygen atoms in total. The molecule has 0 saturated heterocycles. The standard InChI is InChI=1S/C25H36O3S/c1-16-20-7-8-22(23-6-5-13-29-23)25(20,4)12-10-21(16)24(3)11-9-19(28-17(2)27)14-18(24)15-26/h5-6,8,13,16,18-21,26H,7,9-12,14-15H2,1-4H3/t16-,18+,19-,20-,21-,24-,25-/m0/s1. The van der Waals surface area contributed by atoms with Crippen molar-refractivity contribution >= 4 is 22.9 Å². The van der Waals surface area contributed by atoms with Crippen molar-refractivity contribution in [3.63, 3.8) is 0 Å². The second-order valence-corrected chi connectivity index (χ2v) is 11.2. The lowest BCUT2D eigenvalue weighted by atomic mass is 9.49. The van der Waals surface area contributed by atoms with Crippen LogP contribution in [0.15, 0.2) is 23.6 Å². The molecule has 0 spiro atoms. The maximum Gasteiger partial charge on any atom is 0.302 e. The Morgan fingerprint density at radius 3 is 2.72 bits per heavy atom. The monoisotopic (exact) mass is 416 g/mol. The fourth-order valence-corrected chi connectivity index (χ4v) is 8.19. The van der Waals surface area contributed by atoms with Crippen LogP contribution in [0.1, 0.15) is 71.1 Å². The molecule has 3 aliphatic carbocycles. The van der Waals surface area contributed by atoms with E-state index in [2.05, 4.69) is 44.4 Å². The van der Waals surface area contributed by atoms with Crippen molar-refractivity contribution < 1.29 is 14.6 Å². The van der Waals surface area contributed by atoms with Crippen molar-refractivity contribution in [3.8, 4) is 0 Å². The number of thiophene rings is 1. The third-order valence-electron chi connectivity index (χ3n) is 8.93. The number of rotatable bonds is 4. The molecule has 1 aromatic heterocycles. The Balaban J connectivity index is 1.53. The Kier molecular flexibility index (Phi) is 5.71. The summed E-state index contributed by atoms with van der Waals surface area (Å²) in [4.78, 5) is 12.9. The summed E-state index contributed by atoms with van der Waals surface area (Å²) >= 11 is 1.87. The molecule has 1 aromatic rings. The Morgan fingerprint density at radius 1 is 1.28 bits per heavy atom. The van der Waals surface area contributed by atoms with Crippen LogP contribution in [0.4, 0.5) is 0 Å². The number of aliphatic hydroxyl groups excluding tert-OH is 1. The molecule has 3 aliphatic rings. The number of fused-ring (bicyclic) bond motifs is 1. The molecule has 0 bridgehead atoms. The van der Waals surface area contributed by atoms with E-state index >= 15 is 0 Å². The van der Waals surface area contributed by atoms with Gasteiger partial charge >= 0.3 is 5.97 Å². The van der Waals surface area contributed by atoms with Gasteiger partial charge in [-0.05, 0) is 90.0 Å². The van der Waals surface area contributed by atoms with Crippen molar-refractivity contribution in [3.05, 3.63) is 28.5 Å². The van der Waals surface area contributed by atoms with Gasteiger partial charge in [0.05, 0.1) is 0 Å². The summed E-state index contributed by atoms with van der Waals surface area (Å²) in [5.41, 5.74) is 1.98. The zero-order valence-electron chi connectivity index (χ0n) is 18.3. The van der Waals surface area contributed by atoms with Gasteiger partial charge in [-0.1, -0.05) is 32.9 Å². The van der Waals surface area contributed by atoms with Crippen molar-refractivity contribution in [2.45, 2.75) is 72.3 Å². The van der Waals surface area contributed by atoms with Crippen molar-refractivity contribution in [2.75, 3.05) is 6.61 Å². The Morgan fingerprint density at radius 2 is 2.07 bits per heavy atom. The van der Waals surface area contributed by atoms with Crippen LogP contribution in [0.2, 0.25) is 0 Å². The maximum absolute atomic E-state index is 11.4. The molecule has 0 aromatic carbocycles. The lowest BCUT2D eigenvalue weighted by molar-refractivity contribution is -0.155. The molecule has 0 radical (unpaired) electrons. The van der Waals surface area contributed by atoms with E-state index in [-0.39, 0.29) is 35.4 Å². The van der Waals surface area contributed by atoms with Crippen molar-refractivity contribution in [1.29, 1.82) is 0 Å². The van der Waals surface area contributed by atoms with Crippen molar-refractivity contribution in [2.24, 2.45) is 34.5 Å². The molecule has 1 N–H and O–H groups in total. The summed E-state index contributed by atoms with van der Waals surface area (Å²) in [7, 11) is 0. The predicted octanol–water partition coefficient (Wildman–Crippen LogP) is 5.93. The third kappa shape index (κ3) is 3.50. The minimum atomic E-state index is -0.199. The summed E-state index contributed by atoms with van der Waals surface area (Å²) in [5, 5.41) is 12.4. The van der Waals surface area contributed by atoms with Gasteiger partial charge in [-0.25, -0.2) is 0 Å². The first-order chi connectivity index (χ1) is 13.8. The van der Waals surface area contributed by atoms with Gasteiger partial charge in [0.25, 0.3) is 0 Å². The molecule has 0 amide bonds. The van der Waals surface area contributed by atoms with Gasteiger partial charge < -0.3 is 9.84 Å². The van der Waals surface area contributed by atoms with Crippen LogP contribution < -0.4 is 0 Å². The zero-order valence-corrected chi connectivity index (χ0v) is 19.1. The highest BCUT2D eigenvalue weighted by molar-refractivity contribution is 7.11. The van der Waals surface area contributed by atoms with E-state index in [1.807, 2.05) is 11.3 Å². The fourth-order valence-electron chi connectivity index (χ4n) is 7.29. The minimum Gasteiger partial charge on any atom is -0.463 e. The van der Waals surface area contributed by atoms with Crippen LogP contribution >= 0.6 is 11.3 Å². The first-order valence-electron chi connectivity index (χ1n) is 11.3. The quantitative estimate of drug-likeness (QED) is 0.618. The molecule has 2 saturated carbocycles. The smallest absolute Gasteiger partial charge is 0.302 e. The van der Waals surface area contributed by atoms with E-state index < -0.39 is 0 Å². The van der Waals surface area contributed by atoms with Gasteiger partial charge in [0, 0.05) is 18.4 Å². The van der Waals surface area contributed by atoms with E-state index in [0.717, 1.165) is 19.3 Å². The maximum atomic E-state index is 11.4. The topological polar surface area (TPSA) is 46.5 Å². The first-order valence-corrected chi connectivity index (χ1v) is 12.2. The third-order valence-corrected chi connectivity index (χ3v) is 9.83. The largest absolute Gasteiger partial charge is 0.463 e. The van der Waals surface area contributed by atoms with Crippen LogP contribution in [-0.2, 0) is 9.53 Å². The van der Waals surface area contributed by atoms with E-state index in [0.29, 0.717) is 17.8 Å². The number of hydrogen-bond donors (Lipinski definition) is 1. The molecule has 29 heavy (non-hydrogen) atoms. The van der Waals surface area contributed by atoms with Gasteiger partial charge in [0.2, 0.25) is 0 Å². The SMILES string of the molecule is CC(=O)O[C@H]1CC[C@](C)([C@H]2CC[C@]3(C)C(c4cccs4)=CC[C@H]3[C@@H]2C)[C@@H](CO)C1. The summed E-state index contributed by atoms with van der Waals surface area (Å²) in [6, 6.07) is 4.45. The fraction of sp³-hybridized carbons (Fsp3) is 0.720. The summed E-state index contributed by atoms with van der Waals surface area (Å²) in [6.07, 6.45) is 8.89. The molecule has 4 heteroatoms. The number of carbonyl (C=O) groups is 1. The van der Waals surface area contributed by atoms with Crippen molar-refractivity contribution in [1.82, 2.24) is 0 Å². The van der Waals surface area contributed by atoms with Gasteiger partial charge in [0.15, 0.2) is 0 Å². The van der Waals surface area contributed by atoms with Crippen LogP contribution in [0, 0.1) is 34.5 Å². The number of aliphatic hydroxyl groups is 1. The number of esters is 1. The number of ether oxygens (including phenoxy) is 1. The number of allylic oxidation sites excluding steroid dienone is 2. The van der Waals surface area contributed by atoms with Crippen LogP contribution in [0.5, 0.6) is 0 Å². The minimum absolute atomic E-state index is 0.0273. The average molecular weight is 417 g/mol. The van der Waals surface area contributed by atoms with Crippen LogP contribution in [0.25, 0.3) is 5.57 Å². The Bertz CT molecular complexity index is 769. The Hall–Kier alpha value is -1.13. The second kappa shape index (κ2) is 7.85. The lowest BCUT2D eigenvalue weighted by Gasteiger charge is -2.56. The summed E-state index contributed by atoms with van der Waals surface area (Å²) in [5.74, 6) is 1.94. The van der Waals surface area contributed by atoms with Gasteiger partial charge in [-0.15, -0.1) is 11.3 Å². The molecule has 160 valence electrons. The molecular weight excluding hydrogens is 380 g/mol. The van der Waals surface area contributed by atoms with Crippen LogP contribution in [0.3, 0.4) is 0 Å². The number of carbonyl (C=O) groups excluding carboxylic acids is 1. The summed E-state index contributed by atoms with van der Waals surface area (Å²) < 4.78 is 5.51. The normalized spacial score (nSPS) is 42.2. The first kappa shape index (κ1) is 21.1. The van der Waals surface area contributed by atoms with E-state index in [1.54, 1.807) is 5.57 Å².